The number of benzene rings is 3. The molecule has 0 N–H and O–H groups in total. The summed E-state index contributed by atoms with van der Waals surface area (Å²) in [6.07, 6.45) is 1.15. The smallest absolute Gasteiger partial charge is 0.0603 e. The van der Waals surface area contributed by atoms with Crippen molar-refractivity contribution < 1.29 is 4.74 Å². The fourth-order valence-electron chi connectivity index (χ4n) is 4.51. The zero-order valence-electron chi connectivity index (χ0n) is 18.2. The molecule has 2 aliphatic rings. The van der Waals surface area contributed by atoms with Gasteiger partial charge in [0, 0.05) is 37.1 Å². The van der Waals surface area contributed by atoms with Gasteiger partial charge in [-0.05, 0) is 65.2 Å². The summed E-state index contributed by atoms with van der Waals surface area (Å²) < 4.78 is 7.82. The number of hydrogen-bond acceptors (Lipinski definition) is 4. The van der Waals surface area contributed by atoms with Crippen LogP contribution in [0.4, 0.5) is 0 Å². The van der Waals surface area contributed by atoms with Gasteiger partial charge in [-0.25, -0.2) is 4.31 Å². The van der Waals surface area contributed by atoms with Gasteiger partial charge in [-0.3, -0.25) is 4.90 Å². The van der Waals surface area contributed by atoms with Crippen LogP contribution in [0.25, 0.3) is 11.1 Å². The van der Waals surface area contributed by atoms with Crippen LogP contribution >= 0.6 is 11.9 Å². The Balaban J connectivity index is 1.23. The third-order valence-electron chi connectivity index (χ3n) is 6.49. The molecule has 0 aliphatic carbocycles. The largest absolute Gasteiger partial charge is 0.379 e. The van der Waals surface area contributed by atoms with Crippen LogP contribution in [-0.2, 0) is 17.7 Å². The Bertz CT molecular complexity index is 997. The van der Waals surface area contributed by atoms with E-state index in [9.17, 15) is 0 Å². The zero-order chi connectivity index (χ0) is 21.0. The Morgan fingerprint density at radius 2 is 1.42 bits per heavy atom. The maximum Gasteiger partial charge on any atom is 0.0603 e. The van der Waals surface area contributed by atoms with Crippen LogP contribution in [0.1, 0.15) is 29.7 Å². The van der Waals surface area contributed by atoms with Gasteiger partial charge < -0.3 is 4.74 Å². The predicted octanol–water partition coefficient (Wildman–Crippen LogP) is 5.81. The van der Waals surface area contributed by atoms with Gasteiger partial charge in [-0.15, -0.1) is 0 Å². The highest BCUT2D eigenvalue weighted by Crippen LogP contribution is 2.30. The van der Waals surface area contributed by atoms with Gasteiger partial charge in [0.1, 0.15) is 0 Å². The van der Waals surface area contributed by atoms with E-state index in [0.717, 1.165) is 45.8 Å². The van der Waals surface area contributed by atoms with Crippen molar-refractivity contribution in [3.8, 4) is 11.1 Å². The highest BCUT2D eigenvalue weighted by molar-refractivity contribution is 7.97. The average molecular weight is 431 g/mol. The second-order valence-electron chi connectivity index (χ2n) is 8.44. The molecule has 0 radical (unpaired) electrons. The second kappa shape index (κ2) is 9.58. The molecule has 0 bridgehead atoms. The van der Waals surface area contributed by atoms with Gasteiger partial charge in [0.2, 0.25) is 0 Å². The maximum atomic E-state index is 5.44. The van der Waals surface area contributed by atoms with Gasteiger partial charge >= 0.3 is 0 Å². The van der Waals surface area contributed by atoms with E-state index >= 15 is 0 Å². The number of rotatable bonds is 5. The van der Waals surface area contributed by atoms with Crippen LogP contribution in [0.5, 0.6) is 0 Å². The fourth-order valence-corrected chi connectivity index (χ4v) is 5.40. The molecule has 0 spiro atoms. The first-order valence-corrected chi connectivity index (χ1v) is 12.1. The van der Waals surface area contributed by atoms with Crippen molar-refractivity contribution in [3.05, 3.63) is 89.5 Å². The van der Waals surface area contributed by atoms with Crippen molar-refractivity contribution >= 4 is 11.9 Å². The predicted molar refractivity (Wildman–Crippen MR) is 129 cm³/mol. The van der Waals surface area contributed by atoms with Crippen LogP contribution in [-0.4, -0.2) is 42.1 Å². The van der Waals surface area contributed by atoms with Crippen molar-refractivity contribution in [1.82, 2.24) is 9.21 Å². The van der Waals surface area contributed by atoms with Crippen LogP contribution in [0.2, 0.25) is 0 Å². The number of nitrogens with zero attached hydrogens (tertiary/aromatic N) is 2. The Morgan fingerprint density at radius 1 is 0.774 bits per heavy atom. The third-order valence-corrected chi connectivity index (χ3v) is 7.60. The summed E-state index contributed by atoms with van der Waals surface area (Å²) in [6, 6.07) is 27.4. The molecule has 0 saturated carbocycles. The lowest BCUT2D eigenvalue weighted by molar-refractivity contribution is 0.0773. The average Bonchev–Trinajstić information content (AvgIpc) is 2.84. The minimum Gasteiger partial charge on any atom is -0.379 e. The molecule has 1 saturated heterocycles. The third kappa shape index (κ3) is 4.88. The molecule has 4 heteroatoms. The summed E-state index contributed by atoms with van der Waals surface area (Å²) in [6.45, 7) is 8.16. The number of ether oxygens (including phenoxy) is 1. The standard InChI is InChI=1S/C27H30N2OS/c1-21(28-15-14-23-4-2-3-5-26(23)20-28)22-6-8-24(9-7-22)25-10-12-27(13-11-25)31-29-16-18-30-19-17-29/h2-13,21H,14-20H2,1H3. The Hall–Kier alpha value is -2.11. The van der Waals surface area contributed by atoms with Gasteiger partial charge in [-0.1, -0.05) is 60.7 Å². The zero-order valence-corrected chi connectivity index (χ0v) is 19.0. The molecule has 3 nitrogen and oxygen atoms in total. The molecule has 2 heterocycles. The summed E-state index contributed by atoms with van der Waals surface area (Å²) in [5, 5.41) is 0. The topological polar surface area (TPSA) is 15.7 Å². The van der Waals surface area contributed by atoms with E-state index < -0.39 is 0 Å². The highest BCUT2D eigenvalue weighted by Gasteiger charge is 2.21. The molecular weight excluding hydrogens is 400 g/mol. The number of morpholine rings is 1. The summed E-state index contributed by atoms with van der Waals surface area (Å²) in [5.41, 5.74) is 6.94. The highest BCUT2D eigenvalue weighted by atomic mass is 32.2. The second-order valence-corrected chi connectivity index (χ2v) is 9.61. The lowest BCUT2D eigenvalue weighted by atomic mass is 9.96. The number of fused-ring (bicyclic) bond motifs is 1. The first-order chi connectivity index (χ1) is 15.3. The first-order valence-electron chi connectivity index (χ1n) is 11.3. The van der Waals surface area contributed by atoms with Gasteiger partial charge in [0.15, 0.2) is 0 Å². The maximum absolute atomic E-state index is 5.44. The molecule has 2 aliphatic heterocycles. The lowest BCUT2D eigenvalue weighted by Gasteiger charge is -2.34. The van der Waals surface area contributed by atoms with E-state index in [1.807, 2.05) is 11.9 Å². The molecule has 1 unspecified atom stereocenters. The van der Waals surface area contributed by atoms with Crippen molar-refractivity contribution in [2.75, 3.05) is 32.8 Å². The minimum atomic E-state index is 0.426. The molecule has 0 aromatic heterocycles. The molecule has 31 heavy (non-hydrogen) atoms. The molecule has 3 aromatic carbocycles. The molecule has 3 aromatic rings. The fraction of sp³-hybridized carbons (Fsp3) is 0.333. The number of hydrogen-bond donors (Lipinski definition) is 0. The van der Waals surface area contributed by atoms with E-state index in [2.05, 4.69) is 88.9 Å². The minimum absolute atomic E-state index is 0.426. The van der Waals surface area contributed by atoms with Gasteiger partial charge in [0.05, 0.1) is 13.2 Å². The quantitative estimate of drug-likeness (QED) is 0.474. The van der Waals surface area contributed by atoms with Crippen molar-refractivity contribution in [2.24, 2.45) is 0 Å². The molecule has 5 rings (SSSR count). The van der Waals surface area contributed by atoms with Crippen molar-refractivity contribution in [3.63, 3.8) is 0 Å². The lowest BCUT2D eigenvalue weighted by Crippen LogP contribution is -2.32. The monoisotopic (exact) mass is 430 g/mol. The van der Waals surface area contributed by atoms with Crippen LogP contribution in [0.3, 0.4) is 0 Å². The van der Waals surface area contributed by atoms with Gasteiger partial charge in [-0.2, -0.15) is 0 Å². The summed E-state index contributed by atoms with van der Waals surface area (Å²) in [7, 11) is 0. The summed E-state index contributed by atoms with van der Waals surface area (Å²) in [4.78, 5) is 3.89. The van der Waals surface area contributed by atoms with E-state index in [0.29, 0.717) is 6.04 Å². The summed E-state index contributed by atoms with van der Waals surface area (Å²) >= 11 is 1.83. The van der Waals surface area contributed by atoms with Crippen molar-refractivity contribution in [2.45, 2.75) is 30.8 Å². The van der Waals surface area contributed by atoms with E-state index in [1.54, 1.807) is 0 Å². The molecular formula is C27H30N2OS. The molecule has 160 valence electrons. The van der Waals surface area contributed by atoms with Crippen LogP contribution < -0.4 is 0 Å². The van der Waals surface area contributed by atoms with Gasteiger partial charge in [0.25, 0.3) is 0 Å². The molecule has 1 fully saturated rings. The SMILES string of the molecule is CC(c1ccc(-c2ccc(SN3CCOCC3)cc2)cc1)N1CCc2ccccc2C1. The van der Waals surface area contributed by atoms with Crippen molar-refractivity contribution in [1.29, 1.82) is 0 Å². The van der Waals surface area contributed by atoms with E-state index in [1.165, 1.54) is 32.7 Å². The van der Waals surface area contributed by atoms with E-state index in [-0.39, 0.29) is 0 Å². The normalized spacial score (nSPS) is 18.5. The Morgan fingerprint density at radius 3 is 2.13 bits per heavy atom. The molecule has 0 amide bonds. The summed E-state index contributed by atoms with van der Waals surface area (Å²) in [5.74, 6) is 0. The molecule has 1 atom stereocenters. The van der Waals surface area contributed by atoms with Crippen LogP contribution in [0, 0.1) is 0 Å². The van der Waals surface area contributed by atoms with Crippen LogP contribution in [0.15, 0.2) is 77.7 Å². The Labute approximate surface area is 190 Å². The first kappa shape index (κ1) is 20.8. The Kier molecular flexibility index (Phi) is 6.42. The van der Waals surface area contributed by atoms with E-state index in [4.69, 9.17) is 4.74 Å².